The number of rotatable bonds is 5. The molecule has 0 unspecified atom stereocenters. The number of hydrogen-bond acceptors (Lipinski definition) is 7. The lowest BCUT2D eigenvalue weighted by atomic mass is 10.1. The summed E-state index contributed by atoms with van der Waals surface area (Å²) in [5.41, 5.74) is 4.17. The van der Waals surface area contributed by atoms with E-state index >= 15 is 0 Å². The molecule has 0 spiro atoms. The number of thioether (sulfide) groups is 1. The lowest BCUT2D eigenvalue weighted by Crippen LogP contribution is -2.09. The Morgan fingerprint density at radius 1 is 1.15 bits per heavy atom. The predicted octanol–water partition coefficient (Wildman–Crippen LogP) is 4.45. The summed E-state index contributed by atoms with van der Waals surface area (Å²) >= 11 is 3.20. The standard InChI is InChI=1S/C20H17N3O2S2/c1-23(2)14-9-7-13(8-10-14)11-15-17(22-25-19(15)24)12-26-20-21-16-5-3-4-6-18(16)27-20/h3-11H,12H2,1-2H3. The Bertz CT molecular complexity index is 1020. The van der Waals surface area contributed by atoms with E-state index in [1.54, 1.807) is 23.1 Å². The molecule has 0 atom stereocenters. The summed E-state index contributed by atoms with van der Waals surface area (Å²) in [5.74, 6) is 0.124. The van der Waals surface area contributed by atoms with E-state index in [2.05, 4.69) is 16.2 Å². The summed E-state index contributed by atoms with van der Waals surface area (Å²) in [6, 6.07) is 16.0. The molecule has 0 amide bonds. The summed E-state index contributed by atoms with van der Waals surface area (Å²) in [4.78, 5) is 23.6. The van der Waals surface area contributed by atoms with Gasteiger partial charge >= 0.3 is 5.97 Å². The van der Waals surface area contributed by atoms with Gasteiger partial charge in [0.05, 0.1) is 15.8 Å². The van der Waals surface area contributed by atoms with Gasteiger partial charge in [-0.25, -0.2) is 9.78 Å². The minimum absolute atomic E-state index is 0.411. The van der Waals surface area contributed by atoms with Crippen molar-refractivity contribution < 1.29 is 9.63 Å². The third kappa shape index (κ3) is 3.89. The van der Waals surface area contributed by atoms with Crippen molar-refractivity contribution in [3.63, 3.8) is 0 Å². The molecule has 1 aliphatic heterocycles. The minimum atomic E-state index is -0.411. The van der Waals surface area contributed by atoms with Gasteiger partial charge in [0.15, 0.2) is 4.34 Å². The zero-order chi connectivity index (χ0) is 18.8. The Labute approximate surface area is 165 Å². The van der Waals surface area contributed by atoms with E-state index in [0.717, 1.165) is 25.8 Å². The quantitative estimate of drug-likeness (QED) is 0.363. The van der Waals surface area contributed by atoms with Crippen molar-refractivity contribution in [2.75, 3.05) is 24.7 Å². The molecule has 3 aromatic rings. The smallest absolute Gasteiger partial charge is 0.367 e. The maximum absolute atomic E-state index is 12.1. The van der Waals surface area contributed by atoms with E-state index in [4.69, 9.17) is 4.84 Å². The van der Waals surface area contributed by atoms with Crippen molar-refractivity contribution in [2.24, 2.45) is 5.16 Å². The van der Waals surface area contributed by atoms with Gasteiger partial charge in [-0.3, -0.25) is 0 Å². The van der Waals surface area contributed by atoms with E-state index in [9.17, 15) is 4.79 Å². The number of aromatic nitrogens is 1. The number of fused-ring (bicyclic) bond motifs is 1. The number of benzene rings is 2. The maximum Gasteiger partial charge on any atom is 0.367 e. The lowest BCUT2D eigenvalue weighted by molar-refractivity contribution is -0.136. The first-order valence-electron chi connectivity index (χ1n) is 8.36. The zero-order valence-electron chi connectivity index (χ0n) is 14.9. The summed E-state index contributed by atoms with van der Waals surface area (Å²) < 4.78 is 2.10. The first-order valence-corrected chi connectivity index (χ1v) is 10.2. The fourth-order valence-corrected chi connectivity index (χ4v) is 4.65. The highest BCUT2D eigenvalue weighted by Gasteiger charge is 2.25. The molecule has 27 heavy (non-hydrogen) atoms. The number of carbonyl (C=O) groups excluding carboxylic acids is 1. The monoisotopic (exact) mass is 395 g/mol. The Hall–Kier alpha value is -2.64. The predicted molar refractivity (Wildman–Crippen MR) is 113 cm³/mol. The molecule has 7 heteroatoms. The molecule has 4 rings (SSSR count). The van der Waals surface area contributed by atoms with Crippen LogP contribution in [-0.2, 0) is 9.63 Å². The highest BCUT2D eigenvalue weighted by Crippen LogP contribution is 2.30. The fraction of sp³-hybridized carbons (Fsp3) is 0.150. The Balaban J connectivity index is 1.50. The first-order chi connectivity index (χ1) is 13.1. The highest BCUT2D eigenvalue weighted by molar-refractivity contribution is 8.01. The van der Waals surface area contributed by atoms with Crippen molar-refractivity contribution in [2.45, 2.75) is 4.34 Å². The van der Waals surface area contributed by atoms with Crippen molar-refractivity contribution in [1.82, 2.24) is 4.98 Å². The van der Waals surface area contributed by atoms with Gasteiger partial charge in [0, 0.05) is 25.5 Å². The van der Waals surface area contributed by atoms with Crippen LogP contribution in [0.1, 0.15) is 5.56 Å². The lowest BCUT2D eigenvalue weighted by Gasteiger charge is -2.11. The second-order valence-electron chi connectivity index (χ2n) is 6.20. The average molecular weight is 396 g/mol. The molecule has 0 bridgehead atoms. The molecule has 2 heterocycles. The van der Waals surface area contributed by atoms with E-state index in [1.807, 2.05) is 67.5 Å². The van der Waals surface area contributed by atoms with E-state index in [-0.39, 0.29) is 0 Å². The molecular formula is C20H17N3O2S2. The van der Waals surface area contributed by atoms with Gasteiger partial charge in [-0.05, 0) is 35.9 Å². The Morgan fingerprint density at radius 3 is 2.67 bits per heavy atom. The molecule has 1 aliphatic rings. The average Bonchev–Trinajstić information content (AvgIpc) is 3.24. The SMILES string of the molecule is CN(C)c1ccc(C=C2C(=O)ON=C2CSc2nc3ccccc3s2)cc1. The summed E-state index contributed by atoms with van der Waals surface area (Å²) in [6.45, 7) is 0. The molecule has 0 saturated heterocycles. The van der Waals surface area contributed by atoms with Crippen LogP contribution in [0, 0.1) is 0 Å². The third-order valence-corrected chi connectivity index (χ3v) is 6.29. The van der Waals surface area contributed by atoms with Crippen LogP contribution in [0.25, 0.3) is 16.3 Å². The van der Waals surface area contributed by atoms with Gasteiger partial charge in [0.2, 0.25) is 0 Å². The fourth-order valence-electron chi connectivity index (χ4n) is 2.64. The number of oxime groups is 1. The van der Waals surface area contributed by atoms with Crippen LogP contribution >= 0.6 is 23.1 Å². The maximum atomic E-state index is 12.1. The number of carbonyl (C=O) groups is 1. The molecule has 1 aromatic heterocycles. The van der Waals surface area contributed by atoms with Gasteiger partial charge in [-0.1, -0.05) is 41.2 Å². The van der Waals surface area contributed by atoms with Crippen LogP contribution in [0.2, 0.25) is 0 Å². The number of hydrogen-bond donors (Lipinski definition) is 0. The molecule has 0 radical (unpaired) electrons. The van der Waals surface area contributed by atoms with Gasteiger partial charge in [0.25, 0.3) is 0 Å². The second kappa shape index (κ2) is 7.54. The number of nitrogens with zero attached hydrogens (tertiary/aromatic N) is 3. The Morgan fingerprint density at radius 2 is 1.93 bits per heavy atom. The van der Waals surface area contributed by atoms with E-state index in [0.29, 0.717) is 17.0 Å². The highest BCUT2D eigenvalue weighted by atomic mass is 32.2. The molecule has 2 aromatic carbocycles. The summed E-state index contributed by atoms with van der Waals surface area (Å²) in [7, 11) is 3.98. The van der Waals surface area contributed by atoms with Crippen LogP contribution in [0.4, 0.5) is 5.69 Å². The zero-order valence-corrected chi connectivity index (χ0v) is 16.5. The van der Waals surface area contributed by atoms with E-state index < -0.39 is 5.97 Å². The molecule has 0 fully saturated rings. The van der Waals surface area contributed by atoms with Crippen molar-refractivity contribution >= 4 is 56.8 Å². The molecule has 0 saturated carbocycles. The number of anilines is 1. The van der Waals surface area contributed by atoms with Crippen LogP contribution < -0.4 is 4.90 Å². The normalized spacial score (nSPS) is 15.3. The van der Waals surface area contributed by atoms with Gasteiger partial charge < -0.3 is 9.74 Å². The topological polar surface area (TPSA) is 54.8 Å². The summed E-state index contributed by atoms with van der Waals surface area (Å²) in [6.07, 6.45) is 1.83. The molecule has 5 nitrogen and oxygen atoms in total. The molecule has 136 valence electrons. The Kier molecular flexibility index (Phi) is 4.96. The minimum Gasteiger partial charge on any atom is -0.378 e. The molecule has 0 N–H and O–H groups in total. The van der Waals surface area contributed by atoms with Gasteiger partial charge in [0.1, 0.15) is 5.71 Å². The van der Waals surface area contributed by atoms with Crippen molar-refractivity contribution in [3.8, 4) is 0 Å². The van der Waals surface area contributed by atoms with Gasteiger partial charge in [-0.15, -0.1) is 11.3 Å². The van der Waals surface area contributed by atoms with Crippen LogP contribution in [-0.4, -0.2) is 36.5 Å². The summed E-state index contributed by atoms with van der Waals surface area (Å²) in [5, 5.41) is 3.96. The largest absolute Gasteiger partial charge is 0.378 e. The van der Waals surface area contributed by atoms with Gasteiger partial charge in [-0.2, -0.15) is 0 Å². The second-order valence-corrected chi connectivity index (χ2v) is 8.45. The van der Waals surface area contributed by atoms with Crippen LogP contribution in [0.5, 0.6) is 0 Å². The van der Waals surface area contributed by atoms with Crippen LogP contribution in [0.15, 0.2) is 63.6 Å². The number of thiazole rings is 1. The van der Waals surface area contributed by atoms with E-state index in [1.165, 1.54) is 0 Å². The molecule has 0 aliphatic carbocycles. The van der Waals surface area contributed by atoms with Crippen molar-refractivity contribution in [1.29, 1.82) is 0 Å². The third-order valence-electron chi connectivity index (χ3n) is 4.10. The molecular weight excluding hydrogens is 378 g/mol. The van der Waals surface area contributed by atoms with Crippen LogP contribution in [0.3, 0.4) is 0 Å². The van der Waals surface area contributed by atoms with Crippen molar-refractivity contribution in [3.05, 3.63) is 59.7 Å². The first kappa shape index (κ1) is 17.8. The number of para-hydroxylation sites is 1.